The van der Waals surface area contributed by atoms with Gasteiger partial charge in [0.05, 0.1) is 5.39 Å². The van der Waals surface area contributed by atoms with E-state index in [0.717, 1.165) is 31.9 Å². The van der Waals surface area contributed by atoms with E-state index in [1.54, 1.807) is 13.0 Å². The number of fused-ring (bicyclic) bond motifs is 1. The van der Waals surface area contributed by atoms with Gasteiger partial charge in [-0.25, -0.2) is 9.37 Å². The van der Waals surface area contributed by atoms with Crippen LogP contribution < -0.4 is 16.2 Å². The number of hydrogen-bond donors (Lipinski definition) is 2. The molecule has 0 bridgehead atoms. The lowest BCUT2D eigenvalue weighted by atomic mass is 10.0. The number of aromatic nitrogens is 3. The Morgan fingerprint density at radius 3 is 2.33 bits per heavy atom. The molecule has 1 aliphatic rings. The van der Waals surface area contributed by atoms with Crippen molar-refractivity contribution in [1.82, 2.24) is 19.9 Å². The molecular weight excluding hydrogens is 462 g/mol. The number of nitrogens with zero attached hydrogens (tertiary/aromatic N) is 4. The Balaban J connectivity index is 1.49. The third kappa shape index (κ3) is 4.30. The van der Waals surface area contributed by atoms with Crippen molar-refractivity contribution in [1.29, 1.82) is 0 Å². The molecule has 0 aliphatic carbocycles. The molecule has 4 aromatic rings. The molecule has 9 heteroatoms. The van der Waals surface area contributed by atoms with Crippen LogP contribution in [-0.4, -0.2) is 52.1 Å². The minimum absolute atomic E-state index is 0.0264. The molecule has 36 heavy (non-hydrogen) atoms. The number of nitrogens with two attached hydrogens (primary N) is 1. The number of hydrogen-bond acceptors (Lipinski definition) is 6. The van der Waals surface area contributed by atoms with Gasteiger partial charge < -0.3 is 15.6 Å². The molecule has 0 unspecified atom stereocenters. The van der Waals surface area contributed by atoms with Crippen molar-refractivity contribution in [2.75, 3.05) is 36.8 Å². The number of pyridine rings is 1. The Hall–Kier alpha value is -3.85. The number of halogens is 2. The van der Waals surface area contributed by atoms with Gasteiger partial charge in [-0.2, -0.15) is 9.37 Å². The summed E-state index contributed by atoms with van der Waals surface area (Å²) in [7, 11) is 0. The van der Waals surface area contributed by atoms with E-state index in [4.69, 9.17) is 5.73 Å². The van der Waals surface area contributed by atoms with Crippen LogP contribution in [-0.2, 0) is 0 Å². The molecule has 0 saturated carbocycles. The normalized spacial score (nSPS) is 14.7. The summed E-state index contributed by atoms with van der Waals surface area (Å²) in [5.74, 6) is -1.66. The molecule has 2 aromatic carbocycles. The average Bonchev–Trinajstić information content (AvgIpc) is 2.86. The first-order valence-electron chi connectivity index (χ1n) is 12.0. The smallest absolute Gasteiger partial charge is 0.258 e. The average molecular weight is 491 g/mol. The van der Waals surface area contributed by atoms with Crippen LogP contribution in [0.4, 0.5) is 20.3 Å². The highest BCUT2D eigenvalue weighted by molar-refractivity contribution is 5.90. The summed E-state index contributed by atoms with van der Waals surface area (Å²) in [6.45, 7) is 10.0. The van der Waals surface area contributed by atoms with Crippen molar-refractivity contribution in [2.45, 2.75) is 26.8 Å². The molecule has 1 fully saturated rings. The van der Waals surface area contributed by atoms with Gasteiger partial charge in [-0.15, -0.1) is 0 Å². The summed E-state index contributed by atoms with van der Waals surface area (Å²) >= 11 is 0. The van der Waals surface area contributed by atoms with E-state index < -0.39 is 17.3 Å². The van der Waals surface area contributed by atoms with Gasteiger partial charge in [0.1, 0.15) is 17.2 Å². The maximum Gasteiger partial charge on any atom is 0.258 e. The standard InChI is InChI=1S/C27H28F2N6O/c1-15(2)34-8-10-35(11-9-34)19-6-4-17(5-7-19)23-25(29)33-26(30)24(32-23)18-12-20-16(3)14-31-27(36)22(20)21(28)13-18/h4-7,12-15H,8-11H2,1-3H3,(H2,30,33)(H,31,36). The van der Waals surface area contributed by atoms with Crippen LogP contribution in [0.1, 0.15) is 19.4 Å². The van der Waals surface area contributed by atoms with E-state index in [0.29, 0.717) is 28.1 Å². The predicted molar refractivity (Wildman–Crippen MR) is 139 cm³/mol. The summed E-state index contributed by atoms with van der Waals surface area (Å²) in [6.07, 6.45) is 1.52. The van der Waals surface area contributed by atoms with Crippen molar-refractivity contribution >= 4 is 22.3 Å². The third-order valence-electron chi connectivity index (χ3n) is 6.87. The number of benzene rings is 2. The molecule has 0 radical (unpaired) electrons. The molecule has 1 aliphatic heterocycles. The van der Waals surface area contributed by atoms with E-state index in [1.165, 1.54) is 12.3 Å². The summed E-state index contributed by atoms with van der Waals surface area (Å²) in [4.78, 5) is 27.7. The Morgan fingerprint density at radius 2 is 1.67 bits per heavy atom. The highest BCUT2D eigenvalue weighted by atomic mass is 19.1. The minimum atomic E-state index is -0.802. The zero-order valence-corrected chi connectivity index (χ0v) is 20.5. The maximum absolute atomic E-state index is 14.9. The summed E-state index contributed by atoms with van der Waals surface area (Å²) in [5.41, 5.74) is 8.26. The summed E-state index contributed by atoms with van der Waals surface area (Å²) in [5, 5.41) is 0.389. The van der Waals surface area contributed by atoms with Crippen LogP contribution in [0.15, 0.2) is 47.4 Å². The SMILES string of the molecule is Cc1c[nH]c(=O)c2c(F)cc(-c3nc(-c4ccc(N5CCN(C(C)C)CC5)cc4)c(F)nc3N)cc12. The van der Waals surface area contributed by atoms with Gasteiger partial charge in [0, 0.05) is 55.2 Å². The van der Waals surface area contributed by atoms with E-state index in [-0.39, 0.29) is 22.6 Å². The van der Waals surface area contributed by atoms with Crippen LogP contribution in [0.3, 0.4) is 0 Å². The van der Waals surface area contributed by atoms with Gasteiger partial charge in [-0.1, -0.05) is 12.1 Å². The van der Waals surface area contributed by atoms with Crippen molar-refractivity contribution in [3.05, 3.63) is 70.3 Å². The fourth-order valence-corrected chi connectivity index (χ4v) is 4.76. The van der Waals surface area contributed by atoms with Crippen molar-refractivity contribution < 1.29 is 8.78 Å². The molecule has 0 atom stereocenters. The number of piperazine rings is 1. The lowest BCUT2D eigenvalue weighted by Crippen LogP contribution is -2.48. The van der Waals surface area contributed by atoms with E-state index >= 15 is 0 Å². The molecule has 0 spiro atoms. The van der Waals surface area contributed by atoms with Gasteiger partial charge in [-0.05, 0) is 56.0 Å². The second kappa shape index (κ2) is 9.31. The topological polar surface area (TPSA) is 91.1 Å². The maximum atomic E-state index is 14.9. The van der Waals surface area contributed by atoms with Gasteiger partial charge in [0.2, 0.25) is 5.95 Å². The van der Waals surface area contributed by atoms with Crippen LogP contribution in [0.5, 0.6) is 0 Å². The number of aryl methyl sites for hydroxylation is 1. The van der Waals surface area contributed by atoms with Crippen LogP contribution in [0.2, 0.25) is 0 Å². The first-order chi connectivity index (χ1) is 17.2. The number of anilines is 2. The van der Waals surface area contributed by atoms with Crippen LogP contribution in [0.25, 0.3) is 33.3 Å². The Morgan fingerprint density at radius 1 is 0.972 bits per heavy atom. The lowest BCUT2D eigenvalue weighted by Gasteiger charge is -2.38. The highest BCUT2D eigenvalue weighted by Gasteiger charge is 2.21. The summed E-state index contributed by atoms with van der Waals surface area (Å²) < 4.78 is 29.8. The van der Waals surface area contributed by atoms with Crippen molar-refractivity contribution in [3.8, 4) is 22.5 Å². The van der Waals surface area contributed by atoms with Crippen LogP contribution >= 0.6 is 0 Å². The Bertz CT molecular complexity index is 1490. The van der Waals surface area contributed by atoms with E-state index in [2.05, 4.69) is 38.6 Å². The first-order valence-corrected chi connectivity index (χ1v) is 12.0. The molecular formula is C27H28F2N6O. The fourth-order valence-electron chi connectivity index (χ4n) is 4.76. The van der Waals surface area contributed by atoms with Crippen LogP contribution in [0, 0.1) is 18.7 Å². The number of H-pyrrole nitrogens is 1. The monoisotopic (exact) mass is 490 g/mol. The zero-order chi connectivity index (χ0) is 25.6. The number of rotatable bonds is 4. The minimum Gasteiger partial charge on any atom is -0.382 e. The molecule has 0 amide bonds. The molecule has 3 N–H and O–H groups in total. The lowest BCUT2D eigenvalue weighted by molar-refractivity contribution is 0.209. The van der Waals surface area contributed by atoms with Gasteiger partial charge in [-0.3, -0.25) is 9.69 Å². The number of nitrogen functional groups attached to an aromatic ring is 1. The largest absolute Gasteiger partial charge is 0.382 e. The second-order valence-corrected chi connectivity index (χ2v) is 9.44. The van der Waals surface area contributed by atoms with Gasteiger partial charge in [0.15, 0.2) is 5.82 Å². The molecule has 7 nitrogen and oxygen atoms in total. The predicted octanol–water partition coefficient (Wildman–Crippen LogP) is 4.35. The first kappa shape index (κ1) is 23.9. The van der Waals surface area contributed by atoms with Crippen molar-refractivity contribution in [2.24, 2.45) is 0 Å². The molecule has 186 valence electrons. The third-order valence-corrected chi connectivity index (χ3v) is 6.87. The fraction of sp³-hybridized carbons (Fsp3) is 0.296. The Labute approximate surface area is 207 Å². The highest BCUT2D eigenvalue weighted by Crippen LogP contribution is 2.32. The molecule has 1 saturated heterocycles. The van der Waals surface area contributed by atoms with E-state index in [1.807, 2.05) is 24.3 Å². The van der Waals surface area contributed by atoms with Crippen molar-refractivity contribution in [3.63, 3.8) is 0 Å². The molecule has 5 rings (SSSR count). The van der Waals surface area contributed by atoms with Gasteiger partial charge in [0.25, 0.3) is 5.56 Å². The second-order valence-electron chi connectivity index (χ2n) is 9.44. The number of nitrogens with one attached hydrogen (secondary N) is 1. The quantitative estimate of drug-likeness (QED) is 0.442. The molecule has 2 aromatic heterocycles. The zero-order valence-electron chi connectivity index (χ0n) is 20.5. The van der Waals surface area contributed by atoms with Gasteiger partial charge >= 0.3 is 0 Å². The van der Waals surface area contributed by atoms with E-state index in [9.17, 15) is 13.6 Å². The Kier molecular flexibility index (Phi) is 6.17. The molecule has 3 heterocycles. The summed E-state index contributed by atoms with van der Waals surface area (Å²) in [6, 6.07) is 10.8. The number of aromatic amines is 1.